The van der Waals surface area contributed by atoms with Crippen LogP contribution in [0.15, 0.2) is 22.7 Å². The molecule has 0 amide bonds. The highest BCUT2D eigenvalue weighted by Gasteiger charge is 2.09. The summed E-state index contributed by atoms with van der Waals surface area (Å²) < 4.78 is 42.5. The van der Waals surface area contributed by atoms with Crippen LogP contribution in [0.25, 0.3) is 0 Å². The molecule has 1 aromatic rings. The number of alkyl halides is 2. The van der Waals surface area contributed by atoms with Crippen LogP contribution in [-0.4, -0.2) is 11.7 Å². The molecule has 0 saturated carbocycles. The van der Waals surface area contributed by atoms with Crippen LogP contribution in [0.3, 0.4) is 0 Å². The van der Waals surface area contributed by atoms with Crippen molar-refractivity contribution in [2.24, 2.45) is 0 Å². The maximum atomic E-state index is 12.0. The third kappa shape index (κ3) is 2.93. The van der Waals surface area contributed by atoms with Crippen LogP contribution in [0.2, 0.25) is 0 Å². The number of hydrogen-bond donors (Lipinski definition) is 1. The lowest BCUT2D eigenvalue weighted by Crippen LogP contribution is -2.04. The number of rotatable bonds is 3. The van der Waals surface area contributed by atoms with Gasteiger partial charge >= 0.3 is 6.61 Å². The average Bonchev–Trinajstić information content (AvgIpc) is 1.99. The summed E-state index contributed by atoms with van der Waals surface area (Å²) in [4.78, 5) is 0. The molecule has 0 fully saturated rings. The van der Waals surface area contributed by atoms with Gasteiger partial charge in [0.1, 0.15) is 5.75 Å². The van der Waals surface area contributed by atoms with Gasteiger partial charge in [-0.05, 0) is 12.1 Å². The Labute approximate surface area is 85.1 Å². The van der Waals surface area contributed by atoms with E-state index >= 15 is 0 Å². The summed E-state index contributed by atoms with van der Waals surface area (Å²) in [5, 5.41) is 9.07. The average molecular weight is 255 g/mol. The molecule has 0 aliphatic carbocycles. The Morgan fingerprint density at radius 1 is 1.62 bits per heavy atom. The van der Waals surface area contributed by atoms with Crippen LogP contribution >= 0.6 is 15.9 Å². The molecule has 0 saturated heterocycles. The van der Waals surface area contributed by atoms with Crippen LogP contribution in [-0.2, 0) is 6.56 Å². The predicted octanol–water partition coefficient (Wildman–Crippen LogP) is 2.54. The van der Waals surface area contributed by atoms with Crippen molar-refractivity contribution in [2.75, 3.05) is 0 Å². The van der Waals surface area contributed by atoms with Crippen molar-refractivity contribution in [1.82, 2.24) is 0 Å². The molecule has 0 bridgehead atoms. The molecule has 0 aliphatic heterocycles. The molecule has 0 unspecified atom stereocenters. The third-order valence-corrected chi connectivity index (χ3v) is 1.77. The van der Waals surface area contributed by atoms with E-state index in [2.05, 4.69) is 20.7 Å². The minimum Gasteiger partial charge on any atom is -0.434 e. The monoisotopic (exact) mass is 254 g/mol. The lowest BCUT2D eigenvalue weighted by atomic mass is 10.2. The maximum absolute atomic E-state index is 12.0. The molecule has 0 heterocycles. The fourth-order valence-corrected chi connectivity index (χ4v) is 1.12. The fraction of sp³-hybridized carbons (Fsp3) is 0.250. The Morgan fingerprint density at radius 3 is 2.85 bits per heavy atom. The molecule has 72 valence electrons. The van der Waals surface area contributed by atoms with Crippen molar-refractivity contribution in [1.29, 1.82) is 0 Å². The molecular weight excluding hydrogens is 246 g/mol. The Kier molecular flexibility index (Phi) is 2.68. The minimum absolute atomic E-state index is 0.342. The molecule has 0 aromatic heterocycles. The van der Waals surface area contributed by atoms with E-state index in [4.69, 9.17) is 7.85 Å². The number of benzene rings is 1. The van der Waals surface area contributed by atoms with Crippen LogP contribution in [0, 0.1) is 0 Å². The van der Waals surface area contributed by atoms with Gasteiger partial charge in [0.25, 0.3) is 0 Å². The zero-order valence-electron chi connectivity index (χ0n) is 8.30. The molecule has 5 heteroatoms. The van der Waals surface area contributed by atoms with Gasteiger partial charge in [0.2, 0.25) is 0 Å². The van der Waals surface area contributed by atoms with Crippen LogP contribution in [0.1, 0.15) is 8.30 Å². The van der Waals surface area contributed by atoms with Crippen LogP contribution in [0.4, 0.5) is 8.78 Å². The second-order valence-corrected chi connectivity index (χ2v) is 3.05. The first-order chi connectivity index (χ1) is 6.80. The van der Waals surface area contributed by atoms with Gasteiger partial charge in [-0.1, -0.05) is 22.0 Å². The first-order valence-corrected chi connectivity index (χ1v) is 4.07. The largest absolute Gasteiger partial charge is 0.434 e. The smallest absolute Gasteiger partial charge is 0.387 e. The fourth-order valence-electron chi connectivity index (χ4n) is 0.782. The van der Waals surface area contributed by atoms with E-state index in [1.165, 1.54) is 12.1 Å². The van der Waals surface area contributed by atoms with Crippen LogP contribution in [0.5, 0.6) is 5.75 Å². The SMILES string of the molecule is [2H]C([2H])(O)c1ccc(Br)cc1OC(F)F. The topological polar surface area (TPSA) is 29.5 Å². The summed E-state index contributed by atoms with van der Waals surface area (Å²) in [6.07, 6.45) is 0. The Balaban J connectivity index is 3.15. The van der Waals surface area contributed by atoms with Gasteiger partial charge in [-0.25, -0.2) is 0 Å². The van der Waals surface area contributed by atoms with Gasteiger partial charge < -0.3 is 9.84 Å². The van der Waals surface area contributed by atoms with Gasteiger partial charge in [-0.2, -0.15) is 8.78 Å². The summed E-state index contributed by atoms with van der Waals surface area (Å²) in [5.41, 5.74) is -0.342. The highest BCUT2D eigenvalue weighted by Crippen LogP contribution is 2.25. The quantitative estimate of drug-likeness (QED) is 0.899. The van der Waals surface area contributed by atoms with Gasteiger partial charge in [-0.15, -0.1) is 0 Å². The molecular formula is C8H7BrF2O2. The van der Waals surface area contributed by atoms with Crippen molar-refractivity contribution in [3.05, 3.63) is 28.2 Å². The third-order valence-electron chi connectivity index (χ3n) is 1.28. The summed E-state index contributed by atoms with van der Waals surface area (Å²) in [5.74, 6) is -0.396. The highest BCUT2D eigenvalue weighted by molar-refractivity contribution is 9.10. The lowest BCUT2D eigenvalue weighted by molar-refractivity contribution is -0.0509. The van der Waals surface area contributed by atoms with Gasteiger partial charge in [0, 0.05) is 10.0 Å². The maximum Gasteiger partial charge on any atom is 0.387 e. The Hall–Kier alpha value is -0.680. The Morgan fingerprint density at radius 2 is 2.31 bits per heavy atom. The molecule has 1 N–H and O–H groups in total. The molecule has 1 rings (SSSR count). The summed E-state index contributed by atoms with van der Waals surface area (Å²) in [6, 6.07) is 3.75. The summed E-state index contributed by atoms with van der Waals surface area (Å²) >= 11 is 3.02. The first kappa shape index (κ1) is 7.70. The van der Waals surface area contributed by atoms with Crippen LogP contribution < -0.4 is 4.74 Å². The van der Waals surface area contributed by atoms with Crippen molar-refractivity contribution < 1.29 is 21.4 Å². The van der Waals surface area contributed by atoms with Crippen molar-refractivity contribution >= 4 is 15.9 Å². The van der Waals surface area contributed by atoms with E-state index in [0.717, 1.165) is 6.07 Å². The zero-order valence-corrected chi connectivity index (χ0v) is 7.88. The zero-order chi connectivity index (χ0) is 11.6. The van der Waals surface area contributed by atoms with E-state index in [1.54, 1.807) is 0 Å². The van der Waals surface area contributed by atoms with E-state index in [0.29, 0.717) is 4.47 Å². The predicted molar refractivity (Wildman–Crippen MR) is 46.7 cm³/mol. The van der Waals surface area contributed by atoms with E-state index in [1.807, 2.05) is 0 Å². The minimum atomic E-state index is -3.07. The summed E-state index contributed by atoms with van der Waals surface area (Å²) in [6.45, 7) is -5.79. The highest BCUT2D eigenvalue weighted by atomic mass is 79.9. The second-order valence-electron chi connectivity index (χ2n) is 2.13. The second kappa shape index (κ2) is 4.53. The molecule has 0 atom stereocenters. The van der Waals surface area contributed by atoms with E-state index < -0.39 is 18.9 Å². The number of ether oxygens (including phenoxy) is 1. The standard InChI is InChI=1S/C8H7BrF2O2/c9-6-2-1-5(4-12)7(3-6)13-8(10)11/h1-3,8,12H,4H2/i4D2. The van der Waals surface area contributed by atoms with Gasteiger partial charge in [0.05, 0.1) is 9.30 Å². The number of halogens is 3. The molecule has 0 spiro atoms. The van der Waals surface area contributed by atoms with Crippen molar-refractivity contribution in [3.8, 4) is 5.75 Å². The molecule has 2 nitrogen and oxygen atoms in total. The normalized spacial score (nSPS) is 13.9. The summed E-state index contributed by atoms with van der Waals surface area (Å²) in [7, 11) is 0. The molecule has 1 aromatic carbocycles. The van der Waals surface area contributed by atoms with Gasteiger partial charge in [0.15, 0.2) is 0 Å². The number of aliphatic hydroxyl groups is 1. The first-order valence-electron chi connectivity index (χ1n) is 4.28. The van der Waals surface area contributed by atoms with Crippen molar-refractivity contribution in [2.45, 2.75) is 13.2 Å². The van der Waals surface area contributed by atoms with E-state index in [9.17, 15) is 8.78 Å². The molecule has 0 radical (unpaired) electrons. The molecule has 0 aliphatic rings. The van der Waals surface area contributed by atoms with Crippen molar-refractivity contribution in [3.63, 3.8) is 0 Å². The lowest BCUT2D eigenvalue weighted by Gasteiger charge is -2.08. The van der Waals surface area contributed by atoms with Gasteiger partial charge in [-0.3, -0.25) is 0 Å². The number of hydrogen-bond acceptors (Lipinski definition) is 2. The molecule has 13 heavy (non-hydrogen) atoms. The van der Waals surface area contributed by atoms with E-state index in [-0.39, 0.29) is 5.56 Å². The Bertz CT molecular complexity index is 355.